The average molecular weight is 438 g/mol. The molecule has 0 saturated carbocycles. The van der Waals surface area contributed by atoms with Crippen molar-refractivity contribution in [3.8, 4) is 5.75 Å². The molecule has 0 saturated heterocycles. The minimum absolute atomic E-state index is 0.0680. The van der Waals surface area contributed by atoms with Crippen LogP contribution in [0, 0.1) is 0 Å². The molecule has 0 aliphatic heterocycles. The third kappa shape index (κ3) is 6.25. The van der Waals surface area contributed by atoms with E-state index >= 15 is 0 Å². The first-order valence-corrected chi connectivity index (χ1v) is 9.57. The predicted octanol–water partition coefficient (Wildman–Crippen LogP) is 4.59. The topological polar surface area (TPSA) is 62.7 Å². The van der Waals surface area contributed by atoms with E-state index in [1.807, 2.05) is 72.8 Å². The van der Waals surface area contributed by atoms with E-state index < -0.39 is 0 Å². The summed E-state index contributed by atoms with van der Waals surface area (Å²) in [4.78, 5) is 12.1. The number of carbonyl (C=O) groups excluding carboxylic acids is 1. The molecular weight excluding hydrogens is 418 g/mol. The van der Waals surface area contributed by atoms with Gasteiger partial charge in [-0.2, -0.15) is 5.10 Å². The Morgan fingerprint density at radius 3 is 2.46 bits per heavy atom. The summed E-state index contributed by atoms with van der Waals surface area (Å²) in [6, 6.07) is 24.9. The van der Waals surface area contributed by atoms with Gasteiger partial charge in [-0.25, -0.2) is 0 Å². The fourth-order valence-corrected chi connectivity index (χ4v) is 2.81. The fraction of sp³-hybridized carbons (Fsp3) is 0.0909. The van der Waals surface area contributed by atoms with Gasteiger partial charge in [0, 0.05) is 16.6 Å². The van der Waals surface area contributed by atoms with E-state index in [1.54, 1.807) is 12.3 Å². The number of nitrogens with zero attached hydrogens (tertiary/aromatic N) is 1. The zero-order valence-corrected chi connectivity index (χ0v) is 16.7. The van der Waals surface area contributed by atoms with Crippen molar-refractivity contribution in [1.29, 1.82) is 0 Å². The normalized spacial score (nSPS) is 10.6. The molecule has 0 aromatic heterocycles. The van der Waals surface area contributed by atoms with Crippen LogP contribution in [0.1, 0.15) is 11.1 Å². The van der Waals surface area contributed by atoms with Gasteiger partial charge in [-0.3, -0.25) is 10.2 Å². The molecule has 0 fully saturated rings. The van der Waals surface area contributed by atoms with Crippen molar-refractivity contribution in [3.05, 3.63) is 94.5 Å². The summed E-state index contributed by atoms with van der Waals surface area (Å²) in [5.74, 6) is 0.397. The SMILES string of the molecule is O=C(COc1ccc(Br)cc1C=NNc1ccccc1)NCc1ccccc1. The van der Waals surface area contributed by atoms with Crippen LogP contribution in [0.2, 0.25) is 0 Å². The lowest BCUT2D eigenvalue weighted by Crippen LogP contribution is -2.28. The Morgan fingerprint density at radius 2 is 1.71 bits per heavy atom. The molecule has 0 unspecified atom stereocenters. The Kier molecular flexibility index (Phi) is 7.21. The molecular formula is C22H20BrN3O2. The maximum atomic E-state index is 12.1. The van der Waals surface area contributed by atoms with Crippen molar-refractivity contribution in [2.45, 2.75) is 6.54 Å². The maximum absolute atomic E-state index is 12.1. The first-order chi connectivity index (χ1) is 13.7. The molecule has 142 valence electrons. The van der Waals surface area contributed by atoms with Gasteiger partial charge in [-0.15, -0.1) is 0 Å². The van der Waals surface area contributed by atoms with Crippen LogP contribution in [0.5, 0.6) is 5.75 Å². The summed E-state index contributed by atoms with van der Waals surface area (Å²) < 4.78 is 6.59. The lowest BCUT2D eigenvalue weighted by molar-refractivity contribution is -0.123. The van der Waals surface area contributed by atoms with Gasteiger partial charge in [0.25, 0.3) is 5.91 Å². The number of halogens is 1. The van der Waals surface area contributed by atoms with Crippen LogP contribution in [-0.4, -0.2) is 18.7 Å². The third-order valence-corrected chi connectivity index (χ3v) is 4.33. The van der Waals surface area contributed by atoms with E-state index in [1.165, 1.54) is 0 Å². The number of ether oxygens (including phenoxy) is 1. The van der Waals surface area contributed by atoms with Crippen LogP contribution in [0.25, 0.3) is 0 Å². The van der Waals surface area contributed by atoms with E-state index in [0.29, 0.717) is 12.3 Å². The number of amides is 1. The number of carbonyl (C=O) groups is 1. The summed E-state index contributed by atoms with van der Waals surface area (Å²) in [6.45, 7) is 0.403. The molecule has 0 bridgehead atoms. The smallest absolute Gasteiger partial charge is 0.258 e. The van der Waals surface area contributed by atoms with E-state index in [-0.39, 0.29) is 12.5 Å². The molecule has 0 heterocycles. The van der Waals surface area contributed by atoms with Crippen LogP contribution >= 0.6 is 15.9 Å². The van der Waals surface area contributed by atoms with E-state index in [2.05, 4.69) is 31.8 Å². The first kappa shape index (κ1) is 19.6. The first-order valence-electron chi connectivity index (χ1n) is 8.78. The van der Waals surface area contributed by atoms with Crippen LogP contribution in [0.4, 0.5) is 5.69 Å². The number of hydrazone groups is 1. The molecule has 1 amide bonds. The van der Waals surface area contributed by atoms with Gasteiger partial charge in [0.1, 0.15) is 5.75 Å². The predicted molar refractivity (Wildman–Crippen MR) is 116 cm³/mol. The number of benzene rings is 3. The Balaban J connectivity index is 1.56. The van der Waals surface area contributed by atoms with E-state index in [9.17, 15) is 4.79 Å². The van der Waals surface area contributed by atoms with E-state index in [0.717, 1.165) is 21.3 Å². The summed E-state index contributed by atoms with van der Waals surface area (Å²) in [5.41, 5.74) is 5.65. The van der Waals surface area contributed by atoms with Crippen molar-refractivity contribution in [3.63, 3.8) is 0 Å². The molecule has 5 nitrogen and oxygen atoms in total. The number of hydrogen-bond donors (Lipinski definition) is 2. The van der Waals surface area contributed by atoms with Crippen LogP contribution < -0.4 is 15.5 Å². The highest BCUT2D eigenvalue weighted by Crippen LogP contribution is 2.22. The monoisotopic (exact) mass is 437 g/mol. The lowest BCUT2D eigenvalue weighted by Gasteiger charge is -2.10. The number of nitrogens with one attached hydrogen (secondary N) is 2. The molecule has 0 spiro atoms. The minimum Gasteiger partial charge on any atom is -0.483 e. The molecule has 0 aliphatic carbocycles. The average Bonchev–Trinajstić information content (AvgIpc) is 2.73. The number of rotatable bonds is 8. The minimum atomic E-state index is -0.183. The number of hydrogen-bond acceptors (Lipinski definition) is 4. The molecule has 28 heavy (non-hydrogen) atoms. The lowest BCUT2D eigenvalue weighted by atomic mass is 10.2. The van der Waals surface area contributed by atoms with Crippen molar-refractivity contribution in [1.82, 2.24) is 5.32 Å². The quantitative estimate of drug-likeness (QED) is 0.400. The Morgan fingerprint density at radius 1 is 1.00 bits per heavy atom. The summed E-state index contributed by atoms with van der Waals surface area (Å²) >= 11 is 3.45. The molecule has 3 aromatic rings. The molecule has 3 aromatic carbocycles. The van der Waals surface area contributed by atoms with Crippen molar-refractivity contribution >= 4 is 33.7 Å². The highest BCUT2D eigenvalue weighted by molar-refractivity contribution is 9.10. The highest BCUT2D eigenvalue weighted by atomic mass is 79.9. The zero-order valence-electron chi connectivity index (χ0n) is 15.1. The van der Waals surface area contributed by atoms with Crippen molar-refractivity contribution < 1.29 is 9.53 Å². The Bertz CT molecular complexity index is 931. The third-order valence-electron chi connectivity index (χ3n) is 3.83. The van der Waals surface area contributed by atoms with Crippen molar-refractivity contribution in [2.75, 3.05) is 12.0 Å². The van der Waals surface area contributed by atoms with Gasteiger partial charge in [0.2, 0.25) is 0 Å². The molecule has 0 radical (unpaired) electrons. The summed E-state index contributed by atoms with van der Waals surface area (Å²) in [5, 5.41) is 7.09. The van der Waals surface area contributed by atoms with Gasteiger partial charge in [-0.05, 0) is 35.9 Å². The standard InChI is InChI=1S/C22H20BrN3O2/c23-19-11-12-21(18(13-19)15-25-26-20-9-5-2-6-10-20)28-16-22(27)24-14-17-7-3-1-4-8-17/h1-13,15,26H,14,16H2,(H,24,27). The van der Waals surface area contributed by atoms with Crippen LogP contribution in [0.15, 0.2) is 88.4 Å². The van der Waals surface area contributed by atoms with Gasteiger partial charge >= 0.3 is 0 Å². The van der Waals surface area contributed by atoms with Gasteiger partial charge in [0.05, 0.1) is 11.9 Å². The van der Waals surface area contributed by atoms with Gasteiger partial charge in [-0.1, -0.05) is 64.5 Å². The molecule has 0 atom stereocenters. The van der Waals surface area contributed by atoms with Crippen LogP contribution in [0.3, 0.4) is 0 Å². The molecule has 0 aliphatic rings. The number of para-hydroxylation sites is 1. The Hall–Kier alpha value is -3.12. The van der Waals surface area contributed by atoms with Gasteiger partial charge < -0.3 is 10.1 Å². The maximum Gasteiger partial charge on any atom is 0.258 e. The van der Waals surface area contributed by atoms with Crippen molar-refractivity contribution in [2.24, 2.45) is 5.10 Å². The summed E-state index contributed by atoms with van der Waals surface area (Å²) in [6.07, 6.45) is 1.66. The second kappa shape index (κ2) is 10.3. The molecule has 6 heteroatoms. The molecule has 2 N–H and O–H groups in total. The zero-order chi connectivity index (χ0) is 19.6. The largest absolute Gasteiger partial charge is 0.483 e. The number of anilines is 1. The second-order valence-corrected chi connectivity index (χ2v) is 6.88. The Labute approximate surface area is 172 Å². The van der Waals surface area contributed by atoms with Gasteiger partial charge in [0.15, 0.2) is 6.61 Å². The fourth-order valence-electron chi connectivity index (χ4n) is 2.43. The highest BCUT2D eigenvalue weighted by Gasteiger charge is 2.07. The summed E-state index contributed by atoms with van der Waals surface area (Å²) in [7, 11) is 0. The van der Waals surface area contributed by atoms with Crippen LogP contribution in [-0.2, 0) is 11.3 Å². The molecule has 3 rings (SSSR count). The van der Waals surface area contributed by atoms with E-state index in [4.69, 9.17) is 4.74 Å². The second-order valence-electron chi connectivity index (χ2n) is 5.97.